The van der Waals surface area contributed by atoms with E-state index < -0.39 is 0 Å². The summed E-state index contributed by atoms with van der Waals surface area (Å²) in [6, 6.07) is 4.30. The molecule has 0 spiro atoms. The SMILES string of the molecule is Cl.Cl.O=C(CN1CCCNCC1)N1CCN(Cc2cccs2)CC1. The van der Waals surface area contributed by atoms with E-state index in [0.717, 1.165) is 65.3 Å². The highest BCUT2D eigenvalue weighted by Gasteiger charge is 2.23. The van der Waals surface area contributed by atoms with Gasteiger partial charge in [-0.15, -0.1) is 36.2 Å². The third kappa shape index (κ3) is 6.50. The van der Waals surface area contributed by atoms with Crippen LogP contribution >= 0.6 is 36.2 Å². The van der Waals surface area contributed by atoms with Gasteiger partial charge in [-0.05, 0) is 31.0 Å². The van der Waals surface area contributed by atoms with Gasteiger partial charge in [-0.2, -0.15) is 0 Å². The minimum Gasteiger partial charge on any atom is -0.339 e. The first-order valence-corrected chi connectivity index (χ1v) is 9.15. The quantitative estimate of drug-likeness (QED) is 0.840. The number of nitrogens with zero attached hydrogens (tertiary/aromatic N) is 3. The smallest absolute Gasteiger partial charge is 0.236 e. The van der Waals surface area contributed by atoms with Crippen LogP contribution in [0.2, 0.25) is 0 Å². The van der Waals surface area contributed by atoms with E-state index in [1.807, 2.05) is 16.2 Å². The van der Waals surface area contributed by atoms with Crippen LogP contribution in [0.5, 0.6) is 0 Å². The van der Waals surface area contributed by atoms with E-state index in [1.54, 1.807) is 0 Å². The molecule has 3 rings (SSSR count). The summed E-state index contributed by atoms with van der Waals surface area (Å²) in [5.41, 5.74) is 0. The highest BCUT2D eigenvalue weighted by Crippen LogP contribution is 2.13. The molecule has 1 amide bonds. The summed E-state index contributed by atoms with van der Waals surface area (Å²) < 4.78 is 0. The fraction of sp³-hybridized carbons (Fsp3) is 0.688. The molecule has 1 aromatic heterocycles. The summed E-state index contributed by atoms with van der Waals surface area (Å²) in [6.07, 6.45) is 1.14. The Hall–Kier alpha value is -0.370. The van der Waals surface area contributed by atoms with Crippen LogP contribution in [-0.4, -0.2) is 79.5 Å². The second kappa shape index (κ2) is 11.3. The van der Waals surface area contributed by atoms with Crippen molar-refractivity contribution in [3.05, 3.63) is 22.4 Å². The molecule has 0 atom stereocenters. The Bertz CT molecular complexity index is 459. The number of piperazine rings is 1. The van der Waals surface area contributed by atoms with E-state index in [1.165, 1.54) is 4.88 Å². The summed E-state index contributed by atoms with van der Waals surface area (Å²) in [4.78, 5) is 20.7. The first-order valence-electron chi connectivity index (χ1n) is 8.27. The zero-order valence-electron chi connectivity index (χ0n) is 14.0. The second-order valence-electron chi connectivity index (χ2n) is 6.12. The van der Waals surface area contributed by atoms with Crippen LogP contribution in [0, 0.1) is 0 Å². The fourth-order valence-electron chi connectivity index (χ4n) is 3.13. The summed E-state index contributed by atoms with van der Waals surface area (Å²) in [5, 5.41) is 5.51. The van der Waals surface area contributed by atoms with Gasteiger partial charge in [-0.3, -0.25) is 14.6 Å². The zero-order chi connectivity index (χ0) is 15.2. The molecule has 0 radical (unpaired) electrons. The Morgan fingerprint density at radius 2 is 1.83 bits per heavy atom. The van der Waals surface area contributed by atoms with E-state index in [9.17, 15) is 4.79 Å². The molecule has 2 aliphatic rings. The number of halogens is 2. The average Bonchev–Trinajstić information content (AvgIpc) is 2.91. The van der Waals surface area contributed by atoms with E-state index in [2.05, 4.69) is 32.6 Å². The highest BCUT2D eigenvalue weighted by atomic mass is 35.5. The standard InChI is InChI=1S/C16H26N4OS.2ClH/c21-16(14-18-6-2-4-17-5-7-18)20-10-8-19(9-11-20)13-15-3-1-12-22-15;;/h1,3,12,17H,2,4-11,13-14H2;2*1H. The number of hydrogen-bond donors (Lipinski definition) is 1. The van der Waals surface area contributed by atoms with Crippen molar-refractivity contribution in [3.63, 3.8) is 0 Å². The van der Waals surface area contributed by atoms with Crippen molar-refractivity contribution < 1.29 is 4.79 Å². The molecule has 2 aliphatic heterocycles. The lowest BCUT2D eigenvalue weighted by atomic mass is 10.3. The molecule has 8 heteroatoms. The molecule has 0 saturated carbocycles. The van der Waals surface area contributed by atoms with Crippen LogP contribution < -0.4 is 5.32 Å². The Kier molecular flexibility index (Phi) is 10.2. The number of carbonyl (C=O) groups excluding carboxylic acids is 1. The number of rotatable bonds is 4. The van der Waals surface area contributed by atoms with Crippen molar-refractivity contribution in [3.8, 4) is 0 Å². The number of amides is 1. The molecule has 3 heterocycles. The van der Waals surface area contributed by atoms with Gasteiger partial charge in [0.2, 0.25) is 5.91 Å². The largest absolute Gasteiger partial charge is 0.339 e. The average molecular weight is 395 g/mol. The number of carbonyl (C=O) groups is 1. The van der Waals surface area contributed by atoms with E-state index in [0.29, 0.717) is 12.5 Å². The lowest BCUT2D eigenvalue weighted by Gasteiger charge is -2.35. The molecule has 0 unspecified atom stereocenters. The van der Waals surface area contributed by atoms with E-state index in [4.69, 9.17) is 0 Å². The third-order valence-electron chi connectivity index (χ3n) is 4.48. The van der Waals surface area contributed by atoms with Crippen LogP contribution in [0.15, 0.2) is 17.5 Å². The molecular weight excluding hydrogens is 367 g/mol. The number of nitrogens with one attached hydrogen (secondary N) is 1. The van der Waals surface area contributed by atoms with Gasteiger partial charge in [0, 0.05) is 50.7 Å². The Morgan fingerprint density at radius 1 is 1.04 bits per heavy atom. The Balaban J connectivity index is 0.00000144. The second-order valence-corrected chi connectivity index (χ2v) is 7.15. The number of thiophene rings is 1. The highest BCUT2D eigenvalue weighted by molar-refractivity contribution is 7.09. The van der Waals surface area contributed by atoms with Crippen molar-refractivity contribution >= 4 is 42.1 Å². The molecule has 0 bridgehead atoms. The molecule has 2 fully saturated rings. The van der Waals surface area contributed by atoms with Crippen LogP contribution in [-0.2, 0) is 11.3 Å². The van der Waals surface area contributed by atoms with Crippen molar-refractivity contribution in [1.82, 2.24) is 20.0 Å². The molecule has 0 aromatic carbocycles. The molecule has 24 heavy (non-hydrogen) atoms. The van der Waals surface area contributed by atoms with Crippen LogP contribution in [0.4, 0.5) is 0 Å². The third-order valence-corrected chi connectivity index (χ3v) is 5.34. The molecule has 138 valence electrons. The van der Waals surface area contributed by atoms with Crippen molar-refractivity contribution in [1.29, 1.82) is 0 Å². The summed E-state index contributed by atoms with van der Waals surface area (Å²) in [7, 11) is 0. The summed E-state index contributed by atoms with van der Waals surface area (Å²) in [6.45, 7) is 9.45. The van der Waals surface area contributed by atoms with Crippen molar-refractivity contribution in [2.45, 2.75) is 13.0 Å². The molecule has 1 N–H and O–H groups in total. The van der Waals surface area contributed by atoms with Gasteiger partial charge < -0.3 is 10.2 Å². The van der Waals surface area contributed by atoms with Gasteiger partial charge in [0.05, 0.1) is 6.54 Å². The van der Waals surface area contributed by atoms with Crippen molar-refractivity contribution in [2.75, 3.05) is 58.9 Å². The maximum atomic E-state index is 12.4. The molecule has 1 aromatic rings. The van der Waals surface area contributed by atoms with Crippen LogP contribution in [0.1, 0.15) is 11.3 Å². The Labute approximate surface area is 161 Å². The fourth-order valence-corrected chi connectivity index (χ4v) is 3.88. The van der Waals surface area contributed by atoms with Crippen LogP contribution in [0.3, 0.4) is 0 Å². The van der Waals surface area contributed by atoms with E-state index in [-0.39, 0.29) is 24.8 Å². The van der Waals surface area contributed by atoms with Gasteiger partial charge in [0.25, 0.3) is 0 Å². The van der Waals surface area contributed by atoms with Gasteiger partial charge in [0.15, 0.2) is 0 Å². The van der Waals surface area contributed by atoms with Gasteiger partial charge in [-0.1, -0.05) is 6.07 Å². The summed E-state index contributed by atoms with van der Waals surface area (Å²) >= 11 is 1.81. The normalized spacial score (nSPS) is 19.9. The van der Waals surface area contributed by atoms with Gasteiger partial charge >= 0.3 is 0 Å². The Morgan fingerprint density at radius 3 is 2.54 bits per heavy atom. The predicted molar refractivity (Wildman–Crippen MR) is 105 cm³/mol. The zero-order valence-corrected chi connectivity index (χ0v) is 16.4. The minimum atomic E-state index is 0. The lowest BCUT2D eigenvalue weighted by Crippen LogP contribution is -2.51. The van der Waals surface area contributed by atoms with Gasteiger partial charge in [-0.25, -0.2) is 0 Å². The lowest BCUT2D eigenvalue weighted by molar-refractivity contribution is -0.134. The molecule has 0 aliphatic carbocycles. The monoisotopic (exact) mass is 394 g/mol. The van der Waals surface area contributed by atoms with Crippen molar-refractivity contribution in [2.24, 2.45) is 0 Å². The molecule has 2 saturated heterocycles. The van der Waals surface area contributed by atoms with Gasteiger partial charge in [0.1, 0.15) is 0 Å². The molecule has 5 nitrogen and oxygen atoms in total. The molecular formula is C16H28Cl2N4OS. The predicted octanol–water partition coefficient (Wildman–Crippen LogP) is 1.53. The maximum Gasteiger partial charge on any atom is 0.236 e. The first-order chi connectivity index (χ1) is 10.8. The minimum absolute atomic E-state index is 0. The van der Waals surface area contributed by atoms with Crippen LogP contribution in [0.25, 0.3) is 0 Å². The van der Waals surface area contributed by atoms with E-state index >= 15 is 0 Å². The maximum absolute atomic E-state index is 12.4. The first kappa shape index (κ1) is 21.7. The number of hydrogen-bond acceptors (Lipinski definition) is 5. The topological polar surface area (TPSA) is 38.8 Å². The summed E-state index contributed by atoms with van der Waals surface area (Å²) in [5.74, 6) is 0.303.